The molecule has 0 radical (unpaired) electrons. The SMILES string of the molecule is Cc1cc(C)c(S(=O)(=O)N(CC(=O)Nc2cccc(Br)c2)Cc2ccccc2)c(C)c1. The molecule has 0 unspecified atom stereocenters. The van der Waals surface area contributed by atoms with Crippen LogP contribution in [-0.4, -0.2) is 25.2 Å². The van der Waals surface area contributed by atoms with Gasteiger partial charge < -0.3 is 5.32 Å². The van der Waals surface area contributed by atoms with Crippen molar-refractivity contribution in [1.29, 1.82) is 0 Å². The fourth-order valence-corrected chi connectivity index (χ4v) is 5.84. The minimum atomic E-state index is -3.91. The third kappa shape index (κ3) is 5.81. The van der Waals surface area contributed by atoms with Gasteiger partial charge >= 0.3 is 0 Å². The first-order valence-electron chi connectivity index (χ1n) is 9.84. The highest BCUT2D eigenvalue weighted by Gasteiger charge is 2.30. The minimum Gasteiger partial charge on any atom is -0.325 e. The van der Waals surface area contributed by atoms with Crippen LogP contribution in [0.15, 0.2) is 76.1 Å². The molecule has 7 heteroatoms. The molecule has 0 fully saturated rings. The van der Waals surface area contributed by atoms with Crippen LogP contribution in [0.4, 0.5) is 5.69 Å². The van der Waals surface area contributed by atoms with Crippen molar-refractivity contribution in [3.63, 3.8) is 0 Å². The molecule has 31 heavy (non-hydrogen) atoms. The van der Waals surface area contributed by atoms with Gasteiger partial charge in [-0.1, -0.05) is 70.0 Å². The Morgan fingerprint density at radius 2 is 1.58 bits per heavy atom. The predicted octanol–water partition coefficient (Wildman–Crippen LogP) is 5.20. The zero-order valence-electron chi connectivity index (χ0n) is 17.7. The molecule has 1 N–H and O–H groups in total. The van der Waals surface area contributed by atoms with E-state index in [1.807, 2.05) is 55.5 Å². The van der Waals surface area contributed by atoms with E-state index in [0.717, 1.165) is 15.6 Å². The van der Waals surface area contributed by atoms with Gasteiger partial charge in [0.05, 0.1) is 11.4 Å². The molecular weight excluding hydrogens is 476 g/mol. The van der Waals surface area contributed by atoms with E-state index in [0.29, 0.717) is 16.8 Å². The lowest BCUT2D eigenvalue weighted by Gasteiger charge is -2.24. The van der Waals surface area contributed by atoms with Crippen LogP contribution < -0.4 is 5.32 Å². The van der Waals surface area contributed by atoms with E-state index in [-0.39, 0.29) is 18.0 Å². The van der Waals surface area contributed by atoms with E-state index in [9.17, 15) is 13.2 Å². The lowest BCUT2D eigenvalue weighted by Crippen LogP contribution is -2.38. The summed E-state index contributed by atoms with van der Waals surface area (Å²) in [5.74, 6) is -0.403. The number of carbonyl (C=O) groups excluding carboxylic acids is 1. The number of rotatable bonds is 7. The number of aryl methyl sites for hydroxylation is 3. The second-order valence-corrected chi connectivity index (χ2v) is 10.3. The Kier molecular flexibility index (Phi) is 7.30. The maximum atomic E-state index is 13.7. The van der Waals surface area contributed by atoms with Gasteiger partial charge in [-0.05, 0) is 55.7 Å². The number of halogens is 1. The molecule has 0 bridgehead atoms. The van der Waals surface area contributed by atoms with Gasteiger partial charge in [0.2, 0.25) is 15.9 Å². The summed E-state index contributed by atoms with van der Waals surface area (Å²) in [5, 5.41) is 2.79. The standard InChI is InChI=1S/C24H25BrN2O3S/c1-17-12-18(2)24(19(3)13-17)31(29,30)27(15-20-8-5-4-6-9-20)16-23(28)26-22-11-7-10-21(25)14-22/h4-14H,15-16H2,1-3H3,(H,26,28). The molecule has 0 heterocycles. The van der Waals surface area contributed by atoms with Crippen LogP contribution in [0.5, 0.6) is 0 Å². The second-order valence-electron chi connectivity index (χ2n) is 7.55. The summed E-state index contributed by atoms with van der Waals surface area (Å²) >= 11 is 3.37. The summed E-state index contributed by atoms with van der Waals surface area (Å²) in [6.07, 6.45) is 0. The highest BCUT2D eigenvalue weighted by atomic mass is 79.9. The van der Waals surface area contributed by atoms with E-state index < -0.39 is 15.9 Å². The number of hydrogen-bond donors (Lipinski definition) is 1. The zero-order chi connectivity index (χ0) is 22.6. The van der Waals surface area contributed by atoms with Crippen molar-refractivity contribution in [1.82, 2.24) is 4.31 Å². The first kappa shape index (κ1) is 23.2. The van der Waals surface area contributed by atoms with Crippen molar-refractivity contribution in [3.8, 4) is 0 Å². The van der Waals surface area contributed by atoms with Gasteiger partial charge in [0.25, 0.3) is 0 Å². The van der Waals surface area contributed by atoms with Gasteiger partial charge in [-0.3, -0.25) is 4.79 Å². The topological polar surface area (TPSA) is 66.5 Å². The molecular formula is C24H25BrN2O3S. The Balaban J connectivity index is 1.95. The summed E-state index contributed by atoms with van der Waals surface area (Å²) < 4.78 is 29.4. The van der Waals surface area contributed by atoms with Gasteiger partial charge in [-0.2, -0.15) is 4.31 Å². The van der Waals surface area contributed by atoms with E-state index in [2.05, 4.69) is 21.2 Å². The number of hydrogen-bond acceptors (Lipinski definition) is 3. The van der Waals surface area contributed by atoms with Crippen molar-refractivity contribution in [2.24, 2.45) is 0 Å². The van der Waals surface area contributed by atoms with Gasteiger partial charge in [-0.15, -0.1) is 0 Å². The molecule has 162 valence electrons. The Hall–Kier alpha value is -2.48. The van der Waals surface area contributed by atoms with Gasteiger partial charge in [-0.25, -0.2) is 8.42 Å². The average Bonchev–Trinajstić information content (AvgIpc) is 2.67. The van der Waals surface area contributed by atoms with Crippen molar-refractivity contribution < 1.29 is 13.2 Å². The van der Waals surface area contributed by atoms with Gasteiger partial charge in [0.15, 0.2) is 0 Å². The molecule has 0 aliphatic carbocycles. The van der Waals surface area contributed by atoms with Crippen molar-refractivity contribution in [2.75, 3.05) is 11.9 Å². The van der Waals surface area contributed by atoms with Crippen LogP contribution in [-0.2, 0) is 21.4 Å². The van der Waals surface area contributed by atoms with Crippen molar-refractivity contribution >= 4 is 37.5 Å². The predicted molar refractivity (Wildman–Crippen MR) is 127 cm³/mol. The molecule has 3 rings (SSSR count). The van der Waals surface area contributed by atoms with Crippen LogP contribution in [0.2, 0.25) is 0 Å². The monoisotopic (exact) mass is 500 g/mol. The maximum Gasteiger partial charge on any atom is 0.244 e. The fourth-order valence-electron chi connectivity index (χ4n) is 3.64. The van der Waals surface area contributed by atoms with Crippen molar-refractivity contribution in [3.05, 3.63) is 93.5 Å². The number of carbonyl (C=O) groups is 1. The third-order valence-electron chi connectivity index (χ3n) is 4.83. The Morgan fingerprint density at radius 3 is 2.19 bits per heavy atom. The molecule has 5 nitrogen and oxygen atoms in total. The second kappa shape index (κ2) is 9.77. The largest absolute Gasteiger partial charge is 0.325 e. The zero-order valence-corrected chi connectivity index (χ0v) is 20.1. The summed E-state index contributed by atoms with van der Waals surface area (Å²) in [6, 6.07) is 20.2. The molecule has 0 spiro atoms. The molecule has 3 aromatic carbocycles. The Labute approximate surface area is 192 Å². The van der Waals surface area contributed by atoms with Gasteiger partial charge in [0, 0.05) is 16.7 Å². The number of nitrogens with zero attached hydrogens (tertiary/aromatic N) is 1. The molecule has 0 saturated carbocycles. The van der Waals surface area contributed by atoms with Crippen LogP contribution >= 0.6 is 15.9 Å². The third-order valence-corrected chi connectivity index (χ3v) is 7.42. The fraction of sp³-hybridized carbons (Fsp3) is 0.208. The summed E-state index contributed by atoms with van der Waals surface area (Å²) in [4.78, 5) is 13.0. The van der Waals surface area contributed by atoms with E-state index in [4.69, 9.17) is 0 Å². The molecule has 0 aliphatic rings. The molecule has 0 aromatic heterocycles. The summed E-state index contributed by atoms with van der Waals surface area (Å²) in [7, 11) is -3.91. The quantitative estimate of drug-likeness (QED) is 0.484. The van der Waals surface area contributed by atoms with Crippen LogP contribution in [0.3, 0.4) is 0 Å². The smallest absolute Gasteiger partial charge is 0.244 e. The number of amides is 1. The van der Waals surface area contributed by atoms with Crippen LogP contribution in [0.1, 0.15) is 22.3 Å². The van der Waals surface area contributed by atoms with E-state index in [1.54, 1.807) is 32.0 Å². The average molecular weight is 501 g/mol. The molecule has 3 aromatic rings. The van der Waals surface area contributed by atoms with Crippen LogP contribution in [0, 0.1) is 20.8 Å². The van der Waals surface area contributed by atoms with Crippen molar-refractivity contribution in [2.45, 2.75) is 32.2 Å². The molecule has 0 atom stereocenters. The molecule has 1 amide bonds. The highest BCUT2D eigenvalue weighted by molar-refractivity contribution is 9.10. The first-order valence-corrected chi connectivity index (χ1v) is 12.1. The summed E-state index contributed by atoms with van der Waals surface area (Å²) in [6.45, 7) is 5.31. The normalized spacial score (nSPS) is 11.5. The number of nitrogens with one attached hydrogen (secondary N) is 1. The number of sulfonamides is 1. The highest BCUT2D eigenvalue weighted by Crippen LogP contribution is 2.26. The number of benzene rings is 3. The van der Waals surface area contributed by atoms with E-state index in [1.165, 1.54) is 4.31 Å². The molecule has 0 aliphatic heterocycles. The minimum absolute atomic E-state index is 0.0990. The summed E-state index contributed by atoms with van der Waals surface area (Å²) in [5.41, 5.74) is 3.74. The van der Waals surface area contributed by atoms with Crippen LogP contribution in [0.25, 0.3) is 0 Å². The Morgan fingerprint density at radius 1 is 0.935 bits per heavy atom. The number of anilines is 1. The van der Waals surface area contributed by atoms with Gasteiger partial charge in [0.1, 0.15) is 0 Å². The molecule has 0 saturated heterocycles. The maximum absolute atomic E-state index is 13.7. The van der Waals surface area contributed by atoms with E-state index >= 15 is 0 Å². The lowest BCUT2D eigenvalue weighted by molar-refractivity contribution is -0.116. The first-order chi connectivity index (χ1) is 14.7. The lowest BCUT2D eigenvalue weighted by atomic mass is 10.1. The Bertz CT molecular complexity index is 1170.